The van der Waals surface area contributed by atoms with Gasteiger partial charge in [-0.2, -0.15) is 5.10 Å². The number of piperidine rings is 1. The molecule has 1 aliphatic rings. The Morgan fingerprint density at radius 3 is 2.89 bits per heavy atom. The molecule has 4 heterocycles. The van der Waals surface area contributed by atoms with E-state index in [2.05, 4.69) is 15.0 Å². The fourth-order valence-electron chi connectivity index (χ4n) is 3.76. The molecular weight excluding hydrogens is 342 g/mol. The minimum atomic E-state index is -0.141. The van der Waals surface area contributed by atoms with Gasteiger partial charge in [-0.1, -0.05) is 6.07 Å². The number of hydrogen-bond acceptors (Lipinski definition) is 6. The van der Waals surface area contributed by atoms with Gasteiger partial charge < -0.3 is 15.2 Å². The lowest BCUT2D eigenvalue weighted by molar-refractivity contribution is 0.494. The van der Waals surface area contributed by atoms with E-state index >= 15 is 0 Å². The first-order valence-electron chi connectivity index (χ1n) is 9.46. The number of hydrogen-bond donors (Lipinski definition) is 1. The molecule has 0 radical (unpaired) electrons. The molecule has 0 saturated carbocycles. The Morgan fingerprint density at radius 2 is 2.15 bits per heavy atom. The highest BCUT2D eigenvalue weighted by Crippen LogP contribution is 2.23. The molecule has 1 fully saturated rings. The smallest absolute Gasteiger partial charge is 0.293 e. The van der Waals surface area contributed by atoms with Crippen LogP contribution >= 0.6 is 0 Å². The lowest BCUT2D eigenvalue weighted by Crippen LogP contribution is -2.44. The summed E-state index contributed by atoms with van der Waals surface area (Å²) in [7, 11) is 0. The van der Waals surface area contributed by atoms with Gasteiger partial charge >= 0.3 is 0 Å². The highest BCUT2D eigenvalue weighted by Gasteiger charge is 2.23. The van der Waals surface area contributed by atoms with Crippen molar-refractivity contribution < 1.29 is 0 Å². The molecule has 1 unspecified atom stereocenters. The maximum Gasteiger partial charge on any atom is 0.293 e. The zero-order valence-electron chi connectivity index (χ0n) is 15.8. The van der Waals surface area contributed by atoms with Crippen molar-refractivity contribution >= 4 is 17.0 Å². The first-order valence-corrected chi connectivity index (χ1v) is 9.46. The molecule has 4 rings (SSSR count). The van der Waals surface area contributed by atoms with Crippen molar-refractivity contribution in [3.05, 3.63) is 46.1 Å². The van der Waals surface area contributed by atoms with E-state index in [4.69, 9.17) is 10.7 Å². The van der Waals surface area contributed by atoms with Crippen LogP contribution in [0.25, 0.3) is 11.0 Å². The van der Waals surface area contributed by atoms with E-state index in [-0.39, 0.29) is 11.6 Å². The summed E-state index contributed by atoms with van der Waals surface area (Å²) in [6.45, 7) is 6.64. The number of nitrogens with two attached hydrogens (primary N) is 1. The Morgan fingerprint density at radius 1 is 1.30 bits per heavy atom. The summed E-state index contributed by atoms with van der Waals surface area (Å²) in [6, 6.07) is 5.93. The molecule has 3 aromatic heterocycles. The van der Waals surface area contributed by atoms with Gasteiger partial charge in [0.25, 0.3) is 5.56 Å². The van der Waals surface area contributed by atoms with Crippen molar-refractivity contribution in [3.63, 3.8) is 0 Å². The highest BCUT2D eigenvalue weighted by molar-refractivity contribution is 5.77. The summed E-state index contributed by atoms with van der Waals surface area (Å²) in [5.41, 5.74) is 8.95. The molecule has 2 N–H and O–H groups in total. The Labute approximate surface area is 157 Å². The fourth-order valence-corrected chi connectivity index (χ4v) is 3.76. The summed E-state index contributed by atoms with van der Waals surface area (Å²) in [6.07, 6.45) is 3.74. The summed E-state index contributed by atoms with van der Waals surface area (Å²) in [5, 5.41) is 4.33. The summed E-state index contributed by atoms with van der Waals surface area (Å²) >= 11 is 0. The van der Waals surface area contributed by atoms with Gasteiger partial charge in [0.1, 0.15) is 11.0 Å². The third kappa shape index (κ3) is 3.32. The van der Waals surface area contributed by atoms with E-state index < -0.39 is 0 Å². The lowest BCUT2D eigenvalue weighted by atomic mass is 10.1. The molecule has 27 heavy (non-hydrogen) atoms. The first kappa shape index (κ1) is 17.7. The van der Waals surface area contributed by atoms with Gasteiger partial charge in [0.05, 0.1) is 18.4 Å². The largest absolute Gasteiger partial charge is 0.341 e. The molecule has 1 saturated heterocycles. The van der Waals surface area contributed by atoms with E-state index in [0.29, 0.717) is 24.1 Å². The summed E-state index contributed by atoms with van der Waals surface area (Å²) in [4.78, 5) is 24.5. The van der Waals surface area contributed by atoms with E-state index in [1.165, 1.54) is 4.68 Å². The Hall–Kier alpha value is -2.74. The number of imidazole rings is 1. The van der Waals surface area contributed by atoms with Crippen LogP contribution in [0.3, 0.4) is 0 Å². The van der Waals surface area contributed by atoms with Gasteiger partial charge in [-0.3, -0.25) is 9.78 Å². The first-order chi connectivity index (χ1) is 13.1. The number of anilines is 1. The molecule has 8 heteroatoms. The second kappa shape index (κ2) is 7.11. The van der Waals surface area contributed by atoms with Gasteiger partial charge in [-0.15, -0.1) is 0 Å². The fraction of sp³-hybridized carbons (Fsp3) is 0.474. The van der Waals surface area contributed by atoms with Crippen molar-refractivity contribution in [2.24, 2.45) is 5.73 Å². The van der Waals surface area contributed by atoms with Crippen LogP contribution < -0.4 is 16.2 Å². The molecule has 0 aliphatic carbocycles. The summed E-state index contributed by atoms with van der Waals surface area (Å²) < 4.78 is 3.45. The molecule has 8 nitrogen and oxygen atoms in total. The van der Waals surface area contributed by atoms with Crippen molar-refractivity contribution in [2.45, 2.75) is 45.8 Å². The molecule has 0 aromatic carbocycles. The normalized spacial score (nSPS) is 17.6. The van der Waals surface area contributed by atoms with Gasteiger partial charge in [0, 0.05) is 31.4 Å². The predicted octanol–water partition coefficient (Wildman–Crippen LogP) is 1.29. The average molecular weight is 367 g/mol. The second-order valence-electron chi connectivity index (χ2n) is 7.12. The monoisotopic (exact) mass is 367 g/mol. The van der Waals surface area contributed by atoms with Crippen LogP contribution in [0, 0.1) is 6.92 Å². The average Bonchev–Trinajstić information content (AvgIpc) is 3.03. The number of pyridine rings is 1. The quantitative estimate of drug-likeness (QED) is 0.747. The third-order valence-electron chi connectivity index (χ3n) is 5.05. The molecule has 1 aliphatic heterocycles. The van der Waals surface area contributed by atoms with Crippen molar-refractivity contribution in [1.29, 1.82) is 0 Å². The second-order valence-corrected chi connectivity index (χ2v) is 7.12. The minimum Gasteiger partial charge on any atom is -0.341 e. The van der Waals surface area contributed by atoms with Crippen LogP contribution in [0.4, 0.5) is 5.95 Å². The van der Waals surface area contributed by atoms with Crippen molar-refractivity contribution in [2.75, 3.05) is 18.0 Å². The van der Waals surface area contributed by atoms with Crippen LogP contribution in [0.5, 0.6) is 0 Å². The number of nitrogens with zero attached hydrogens (tertiary/aromatic N) is 6. The van der Waals surface area contributed by atoms with E-state index in [9.17, 15) is 4.79 Å². The zero-order chi connectivity index (χ0) is 19.0. The van der Waals surface area contributed by atoms with Gasteiger partial charge in [0.2, 0.25) is 5.95 Å². The standard InChI is InChI=1S/C19H25N7O/c1-3-25-17-16(23-19(25)24-9-5-7-14(20)11-24)10-21-26(18(17)27)12-15-8-4-6-13(2)22-15/h4,6,8,10,14H,3,5,7,9,11-12,20H2,1-2H3. The zero-order valence-corrected chi connectivity index (χ0v) is 15.8. The molecule has 0 spiro atoms. The topological polar surface area (TPSA) is 94.9 Å². The Balaban J connectivity index is 1.77. The minimum absolute atomic E-state index is 0.141. The molecule has 0 amide bonds. The third-order valence-corrected chi connectivity index (χ3v) is 5.05. The van der Waals surface area contributed by atoms with Gasteiger partial charge in [0.15, 0.2) is 0 Å². The molecule has 142 valence electrons. The lowest BCUT2D eigenvalue weighted by Gasteiger charge is -2.31. The van der Waals surface area contributed by atoms with Crippen LogP contribution in [0.15, 0.2) is 29.2 Å². The Bertz CT molecular complexity index is 1020. The Kier molecular flexibility index (Phi) is 4.65. The van der Waals surface area contributed by atoms with E-state index in [0.717, 1.165) is 43.3 Å². The van der Waals surface area contributed by atoms with E-state index in [1.807, 2.05) is 36.6 Å². The van der Waals surface area contributed by atoms with Crippen LogP contribution in [0.1, 0.15) is 31.2 Å². The molecule has 3 aromatic rings. The predicted molar refractivity (Wildman–Crippen MR) is 105 cm³/mol. The number of aromatic nitrogens is 5. The van der Waals surface area contributed by atoms with Gasteiger partial charge in [-0.25, -0.2) is 9.67 Å². The maximum atomic E-state index is 13.1. The molecular formula is C19H25N7O. The number of rotatable bonds is 4. The van der Waals surface area contributed by atoms with Crippen LogP contribution in [-0.2, 0) is 13.1 Å². The van der Waals surface area contributed by atoms with E-state index in [1.54, 1.807) is 6.20 Å². The number of aryl methyl sites for hydroxylation is 2. The van der Waals surface area contributed by atoms with Crippen molar-refractivity contribution in [1.82, 2.24) is 24.3 Å². The van der Waals surface area contributed by atoms with Crippen LogP contribution in [-0.4, -0.2) is 43.4 Å². The maximum absolute atomic E-state index is 13.1. The van der Waals surface area contributed by atoms with Crippen molar-refractivity contribution in [3.8, 4) is 0 Å². The summed E-state index contributed by atoms with van der Waals surface area (Å²) in [5.74, 6) is 0.813. The highest BCUT2D eigenvalue weighted by atomic mass is 16.1. The SMILES string of the molecule is CCn1c(N2CCCC(N)C2)nc2cnn(Cc3cccc(C)n3)c(=O)c21. The number of fused-ring (bicyclic) bond motifs is 1. The molecule has 1 atom stereocenters. The molecule has 0 bridgehead atoms. The van der Waals surface area contributed by atoms with Gasteiger partial charge in [-0.05, 0) is 38.8 Å². The van der Waals surface area contributed by atoms with Crippen LogP contribution in [0.2, 0.25) is 0 Å².